The first kappa shape index (κ1) is 12.2. The monoisotopic (exact) mass is 223 g/mol. The van der Waals surface area contributed by atoms with Crippen LogP contribution in [0.25, 0.3) is 0 Å². The number of carboxylic acid groups (broad SMARTS) is 2. The van der Waals surface area contributed by atoms with Gasteiger partial charge in [-0.25, -0.2) is 0 Å². The number of hydrogen-bond acceptors (Lipinski definition) is 3. The molecule has 0 amide bonds. The predicted octanol–water partition coefficient (Wildman–Crippen LogP) is 0.342. The van der Waals surface area contributed by atoms with Crippen LogP contribution in [0.15, 0.2) is 30.3 Å². The maximum atomic E-state index is 10.9. The zero-order chi connectivity index (χ0) is 12.1. The van der Waals surface area contributed by atoms with E-state index in [0.717, 1.165) is 5.56 Å². The van der Waals surface area contributed by atoms with E-state index in [0.29, 0.717) is 0 Å². The second kappa shape index (κ2) is 5.27. The second-order valence-electron chi connectivity index (χ2n) is 3.50. The molecule has 1 aromatic rings. The molecular formula is C11H13NO4. The molecule has 0 spiro atoms. The Morgan fingerprint density at radius 2 is 1.69 bits per heavy atom. The van der Waals surface area contributed by atoms with Crippen molar-refractivity contribution in [2.24, 2.45) is 11.7 Å². The number of nitrogens with two attached hydrogens (primary N) is 1. The van der Waals surface area contributed by atoms with Gasteiger partial charge in [0.25, 0.3) is 0 Å². The summed E-state index contributed by atoms with van der Waals surface area (Å²) < 4.78 is 0. The third-order valence-electron chi connectivity index (χ3n) is 2.33. The molecule has 86 valence electrons. The van der Waals surface area contributed by atoms with Crippen LogP contribution in [-0.4, -0.2) is 28.2 Å². The molecule has 1 aromatic carbocycles. The molecule has 5 heteroatoms. The zero-order valence-corrected chi connectivity index (χ0v) is 8.54. The summed E-state index contributed by atoms with van der Waals surface area (Å²) in [6, 6.07) is 7.42. The largest absolute Gasteiger partial charge is 0.481 e. The summed E-state index contributed by atoms with van der Waals surface area (Å²) in [6.07, 6.45) is 0.115. The smallest absolute Gasteiger partial charge is 0.321 e. The Hall–Kier alpha value is -1.88. The van der Waals surface area contributed by atoms with Gasteiger partial charge in [0, 0.05) is 0 Å². The van der Waals surface area contributed by atoms with E-state index in [9.17, 15) is 9.59 Å². The van der Waals surface area contributed by atoms with Gasteiger partial charge in [0.1, 0.15) is 6.04 Å². The standard InChI is InChI=1S/C11H13NO4/c12-9(11(15)16)8(10(13)14)6-7-4-2-1-3-5-7/h1-5,8-9H,6,12H2,(H,13,14)(H,15,16)/t8?,9-/m1/s1. The highest BCUT2D eigenvalue weighted by Crippen LogP contribution is 2.12. The van der Waals surface area contributed by atoms with E-state index in [4.69, 9.17) is 15.9 Å². The van der Waals surface area contributed by atoms with Crippen LogP contribution in [0.4, 0.5) is 0 Å². The maximum absolute atomic E-state index is 10.9. The quantitative estimate of drug-likeness (QED) is 0.668. The van der Waals surface area contributed by atoms with Crippen LogP contribution in [0.3, 0.4) is 0 Å². The molecule has 0 saturated heterocycles. The van der Waals surface area contributed by atoms with Crippen LogP contribution in [0, 0.1) is 5.92 Å². The van der Waals surface area contributed by atoms with Gasteiger partial charge in [0.2, 0.25) is 0 Å². The molecule has 1 unspecified atom stereocenters. The fourth-order valence-electron chi connectivity index (χ4n) is 1.41. The van der Waals surface area contributed by atoms with E-state index in [1.54, 1.807) is 30.3 Å². The molecule has 2 atom stereocenters. The van der Waals surface area contributed by atoms with Gasteiger partial charge < -0.3 is 15.9 Å². The van der Waals surface area contributed by atoms with Gasteiger partial charge in [-0.3, -0.25) is 9.59 Å². The number of hydrogen-bond donors (Lipinski definition) is 3. The van der Waals surface area contributed by atoms with Gasteiger partial charge in [-0.2, -0.15) is 0 Å². The Morgan fingerprint density at radius 1 is 1.12 bits per heavy atom. The summed E-state index contributed by atoms with van der Waals surface area (Å²) in [5.74, 6) is -3.61. The van der Waals surface area contributed by atoms with Crippen molar-refractivity contribution in [3.05, 3.63) is 35.9 Å². The van der Waals surface area contributed by atoms with Gasteiger partial charge in [0.05, 0.1) is 5.92 Å². The summed E-state index contributed by atoms with van der Waals surface area (Å²) in [4.78, 5) is 21.6. The van der Waals surface area contributed by atoms with E-state index in [-0.39, 0.29) is 6.42 Å². The molecule has 0 aliphatic rings. The highest BCUT2D eigenvalue weighted by molar-refractivity contribution is 5.82. The molecule has 1 rings (SSSR count). The van der Waals surface area contributed by atoms with Gasteiger partial charge >= 0.3 is 11.9 Å². The van der Waals surface area contributed by atoms with E-state index in [1.165, 1.54) is 0 Å². The van der Waals surface area contributed by atoms with Crippen LogP contribution in [0.5, 0.6) is 0 Å². The third kappa shape index (κ3) is 3.06. The fourth-order valence-corrected chi connectivity index (χ4v) is 1.41. The molecule has 5 nitrogen and oxygen atoms in total. The number of aliphatic carboxylic acids is 2. The van der Waals surface area contributed by atoms with Crippen molar-refractivity contribution in [1.29, 1.82) is 0 Å². The Labute approximate surface area is 92.5 Å². The molecule has 4 N–H and O–H groups in total. The first-order chi connectivity index (χ1) is 7.52. The van der Waals surface area contributed by atoms with Crippen molar-refractivity contribution in [2.75, 3.05) is 0 Å². The Kier molecular flexibility index (Phi) is 4.02. The van der Waals surface area contributed by atoms with Gasteiger partial charge in [-0.1, -0.05) is 30.3 Å². The van der Waals surface area contributed by atoms with Crippen molar-refractivity contribution < 1.29 is 19.8 Å². The number of benzene rings is 1. The number of carboxylic acids is 2. The van der Waals surface area contributed by atoms with Crippen molar-refractivity contribution in [1.82, 2.24) is 0 Å². The fraction of sp³-hybridized carbons (Fsp3) is 0.273. The highest BCUT2D eigenvalue weighted by Gasteiger charge is 2.30. The van der Waals surface area contributed by atoms with Gasteiger partial charge in [-0.15, -0.1) is 0 Å². The predicted molar refractivity (Wildman–Crippen MR) is 56.9 cm³/mol. The average molecular weight is 223 g/mol. The number of rotatable bonds is 5. The first-order valence-corrected chi connectivity index (χ1v) is 4.77. The summed E-state index contributed by atoms with van der Waals surface area (Å²) >= 11 is 0. The van der Waals surface area contributed by atoms with Crippen LogP contribution in [-0.2, 0) is 16.0 Å². The lowest BCUT2D eigenvalue weighted by Crippen LogP contribution is -2.43. The van der Waals surface area contributed by atoms with E-state index < -0.39 is 23.9 Å². The van der Waals surface area contributed by atoms with Crippen LogP contribution >= 0.6 is 0 Å². The Bertz CT molecular complexity index is 377. The van der Waals surface area contributed by atoms with Crippen molar-refractivity contribution in [3.63, 3.8) is 0 Å². The second-order valence-corrected chi connectivity index (χ2v) is 3.50. The molecule has 0 saturated carbocycles. The van der Waals surface area contributed by atoms with Crippen molar-refractivity contribution >= 4 is 11.9 Å². The minimum atomic E-state index is -1.39. The minimum Gasteiger partial charge on any atom is -0.481 e. The Morgan fingerprint density at radius 3 is 2.12 bits per heavy atom. The maximum Gasteiger partial charge on any atom is 0.321 e. The average Bonchev–Trinajstić information content (AvgIpc) is 2.26. The lowest BCUT2D eigenvalue weighted by Gasteiger charge is -2.16. The van der Waals surface area contributed by atoms with Gasteiger partial charge in [-0.05, 0) is 12.0 Å². The molecule has 0 heterocycles. The number of carbonyl (C=O) groups is 2. The minimum absolute atomic E-state index is 0.115. The molecule has 0 aromatic heterocycles. The third-order valence-corrected chi connectivity index (χ3v) is 2.33. The summed E-state index contributed by atoms with van der Waals surface area (Å²) in [5, 5.41) is 17.6. The summed E-state index contributed by atoms with van der Waals surface area (Å²) in [7, 11) is 0. The molecule has 0 aliphatic heterocycles. The molecule has 0 aliphatic carbocycles. The van der Waals surface area contributed by atoms with E-state index in [1.807, 2.05) is 0 Å². The molecular weight excluding hydrogens is 210 g/mol. The van der Waals surface area contributed by atoms with Gasteiger partial charge in [0.15, 0.2) is 0 Å². The zero-order valence-electron chi connectivity index (χ0n) is 8.54. The summed E-state index contributed by atoms with van der Waals surface area (Å²) in [5.41, 5.74) is 6.09. The normalized spacial score (nSPS) is 14.1. The van der Waals surface area contributed by atoms with Crippen LogP contribution in [0.1, 0.15) is 5.56 Å². The molecule has 0 fully saturated rings. The van der Waals surface area contributed by atoms with E-state index in [2.05, 4.69) is 0 Å². The first-order valence-electron chi connectivity index (χ1n) is 4.77. The highest BCUT2D eigenvalue weighted by atomic mass is 16.4. The van der Waals surface area contributed by atoms with Crippen LogP contribution in [0.2, 0.25) is 0 Å². The van der Waals surface area contributed by atoms with Crippen molar-refractivity contribution in [2.45, 2.75) is 12.5 Å². The van der Waals surface area contributed by atoms with Crippen molar-refractivity contribution in [3.8, 4) is 0 Å². The lowest BCUT2D eigenvalue weighted by atomic mass is 9.93. The molecule has 0 radical (unpaired) electrons. The molecule has 0 bridgehead atoms. The molecule has 16 heavy (non-hydrogen) atoms. The van der Waals surface area contributed by atoms with Crippen LogP contribution < -0.4 is 5.73 Å². The van der Waals surface area contributed by atoms with E-state index >= 15 is 0 Å². The Balaban J connectivity index is 2.81. The summed E-state index contributed by atoms with van der Waals surface area (Å²) in [6.45, 7) is 0. The topological polar surface area (TPSA) is 101 Å². The SMILES string of the molecule is N[C@@H](C(=O)O)C(Cc1ccccc1)C(=O)O. The lowest BCUT2D eigenvalue weighted by molar-refractivity contribution is -0.149.